The van der Waals surface area contributed by atoms with Gasteiger partial charge in [-0.3, -0.25) is 14.5 Å². The van der Waals surface area contributed by atoms with Crippen molar-refractivity contribution in [2.45, 2.75) is 26.3 Å². The normalized spacial score (nSPS) is 22.9. The SMILES string of the molecule is CCN1C(=O)CC(NCC(C)COC)C1=O. The van der Waals surface area contributed by atoms with Crippen LogP contribution in [0.3, 0.4) is 0 Å². The molecular formula is C11H20N2O3. The maximum atomic E-state index is 11.7. The third kappa shape index (κ3) is 3.02. The Morgan fingerprint density at radius 3 is 2.75 bits per heavy atom. The van der Waals surface area contributed by atoms with E-state index in [4.69, 9.17) is 4.74 Å². The molecule has 5 heteroatoms. The Balaban J connectivity index is 2.39. The first kappa shape index (κ1) is 13.1. The van der Waals surface area contributed by atoms with E-state index in [1.807, 2.05) is 13.8 Å². The van der Waals surface area contributed by atoms with Crippen LogP contribution in [0.5, 0.6) is 0 Å². The lowest BCUT2D eigenvalue weighted by Crippen LogP contribution is -2.40. The molecule has 2 atom stereocenters. The number of imide groups is 1. The molecule has 92 valence electrons. The maximum absolute atomic E-state index is 11.7. The fourth-order valence-electron chi connectivity index (χ4n) is 1.86. The number of likely N-dealkylation sites (tertiary alicyclic amines) is 1. The molecule has 0 aliphatic carbocycles. The van der Waals surface area contributed by atoms with E-state index < -0.39 is 0 Å². The second-order valence-electron chi connectivity index (χ2n) is 4.20. The van der Waals surface area contributed by atoms with Crippen LogP contribution in [-0.4, -0.2) is 49.6 Å². The molecule has 2 amide bonds. The molecular weight excluding hydrogens is 208 g/mol. The Bertz CT molecular complexity index is 268. The molecule has 1 saturated heterocycles. The van der Waals surface area contributed by atoms with Crippen molar-refractivity contribution in [3.05, 3.63) is 0 Å². The minimum Gasteiger partial charge on any atom is -0.384 e. The van der Waals surface area contributed by atoms with Crippen molar-refractivity contribution >= 4 is 11.8 Å². The molecule has 1 heterocycles. The molecule has 1 fully saturated rings. The van der Waals surface area contributed by atoms with E-state index in [2.05, 4.69) is 5.32 Å². The molecule has 5 nitrogen and oxygen atoms in total. The summed E-state index contributed by atoms with van der Waals surface area (Å²) in [5.41, 5.74) is 0. The van der Waals surface area contributed by atoms with Gasteiger partial charge in [-0.2, -0.15) is 0 Å². The van der Waals surface area contributed by atoms with Gasteiger partial charge in [-0.1, -0.05) is 6.92 Å². The van der Waals surface area contributed by atoms with Crippen LogP contribution in [0.1, 0.15) is 20.3 Å². The van der Waals surface area contributed by atoms with Crippen molar-refractivity contribution in [2.75, 3.05) is 26.8 Å². The lowest BCUT2D eigenvalue weighted by molar-refractivity contribution is -0.138. The standard InChI is InChI=1S/C11H20N2O3/c1-4-13-10(14)5-9(11(13)15)12-6-8(2)7-16-3/h8-9,12H,4-7H2,1-3H3. The van der Waals surface area contributed by atoms with Crippen LogP contribution in [0, 0.1) is 5.92 Å². The van der Waals surface area contributed by atoms with Crippen molar-refractivity contribution in [1.82, 2.24) is 10.2 Å². The van der Waals surface area contributed by atoms with Crippen LogP contribution in [-0.2, 0) is 14.3 Å². The van der Waals surface area contributed by atoms with Gasteiger partial charge in [0.25, 0.3) is 0 Å². The van der Waals surface area contributed by atoms with Gasteiger partial charge in [0.15, 0.2) is 0 Å². The summed E-state index contributed by atoms with van der Waals surface area (Å²) in [6, 6.07) is -0.341. The fraction of sp³-hybridized carbons (Fsp3) is 0.818. The van der Waals surface area contributed by atoms with Gasteiger partial charge in [0.2, 0.25) is 11.8 Å². The number of hydrogen-bond acceptors (Lipinski definition) is 4. The molecule has 1 aliphatic heterocycles. The van der Waals surface area contributed by atoms with Gasteiger partial charge < -0.3 is 10.1 Å². The molecule has 0 aromatic heterocycles. The zero-order valence-electron chi connectivity index (χ0n) is 10.2. The molecule has 0 spiro atoms. The zero-order valence-corrected chi connectivity index (χ0v) is 10.2. The van der Waals surface area contributed by atoms with E-state index >= 15 is 0 Å². The van der Waals surface area contributed by atoms with Crippen LogP contribution >= 0.6 is 0 Å². The second kappa shape index (κ2) is 5.96. The molecule has 16 heavy (non-hydrogen) atoms. The van der Waals surface area contributed by atoms with E-state index in [-0.39, 0.29) is 24.3 Å². The average Bonchev–Trinajstić information content (AvgIpc) is 2.51. The molecule has 1 rings (SSSR count). The van der Waals surface area contributed by atoms with Crippen LogP contribution in [0.15, 0.2) is 0 Å². The highest BCUT2D eigenvalue weighted by molar-refractivity contribution is 6.05. The van der Waals surface area contributed by atoms with E-state index in [9.17, 15) is 9.59 Å². The van der Waals surface area contributed by atoms with E-state index in [1.165, 1.54) is 4.90 Å². The second-order valence-corrected chi connectivity index (χ2v) is 4.20. The molecule has 0 bridgehead atoms. The molecule has 0 aromatic rings. The summed E-state index contributed by atoms with van der Waals surface area (Å²) in [6.45, 7) is 5.65. The fourth-order valence-corrected chi connectivity index (χ4v) is 1.86. The van der Waals surface area contributed by atoms with Gasteiger partial charge in [0.1, 0.15) is 0 Å². The van der Waals surface area contributed by atoms with Gasteiger partial charge in [0.05, 0.1) is 12.5 Å². The van der Waals surface area contributed by atoms with E-state index in [0.717, 1.165) is 0 Å². The monoisotopic (exact) mass is 228 g/mol. The topological polar surface area (TPSA) is 58.6 Å². The predicted octanol–water partition coefficient (Wildman–Crippen LogP) is 0.00590. The van der Waals surface area contributed by atoms with Crippen LogP contribution < -0.4 is 5.32 Å². The largest absolute Gasteiger partial charge is 0.384 e. The Hall–Kier alpha value is -0.940. The summed E-state index contributed by atoms with van der Waals surface area (Å²) in [5, 5.41) is 3.12. The number of methoxy groups -OCH3 is 1. The number of rotatable bonds is 6. The highest BCUT2D eigenvalue weighted by atomic mass is 16.5. The summed E-state index contributed by atoms with van der Waals surface area (Å²) < 4.78 is 5.01. The predicted molar refractivity (Wildman–Crippen MR) is 59.8 cm³/mol. The van der Waals surface area contributed by atoms with Crippen molar-refractivity contribution in [3.63, 3.8) is 0 Å². The molecule has 1 aliphatic rings. The molecule has 0 aromatic carbocycles. The number of carbonyl (C=O) groups excluding carboxylic acids is 2. The Morgan fingerprint density at radius 2 is 2.25 bits per heavy atom. The van der Waals surface area contributed by atoms with Crippen molar-refractivity contribution in [1.29, 1.82) is 0 Å². The Labute approximate surface area is 96.1 Å². The van der Waals surface area contributed by atoms with Gasteiger partial charge in [-0.05, 0) is 12.8 Å². The van der Waals surface area contributed by atoms with Crippen LogP contribution in [0.4, 0.5) is 0 Å². The molecule has 0 radical (unpaired) electrons. The number of carbonyl (C=O) groups is 2. The lowest BCUT2D eigenvalue weighted by atomic mass is 10.1. The number of likely N-dealkylation sites (N-methyl/N-ethyl adjacent to an activating group) is 1. The van der Waals surface area contributed by atoms with Gasteiger partial charge in [0, 0.05) is 26.8 Å². The summed E-state index contributed by atoms with van der Waals surface area (Å²) in [7, 11) is 1.65. The molecule has 0 saturated carbocycles. The quantitative estimate of drug-likeness (QED) is 0.650. The third-order valence-corrected chi connectivity index (χ3v) is 2.72. The van der Waals surface area contributed by atoms with E-state index in [1.54, 1.807) is 7.11 Å². The average molecular weight is 228 g/mol. The first-order chi connectivity index (χ1) is 7.60. The van der Waals surface area contributed by atoms with Gasteiger partial charge >= 0.3 is 0 Å². The number of hydrogen-bond donors (Lipinski definition) is 1. The summed E-state index contributed by atoms with van der Waals surface area (Å²) in [4.78, 5) is 24.5. The van der Waals surface area contributed by atoms with Crippen molar-refractivity contribution in [2.24, 2.45) is 5.92 Å². The van der Waals surface area contributed by atoms with E-state index in [0.29, 0.717) is 25.6 Å². The highest BCUT2D eigenvalue weighted by Gasteiger charge is 2.37. The number of nitrogens with one attached hydrogen (secondary N) is 1. The van der Waals surface area contributed by atoms with Crippen LogP contribution in [0.2, 0.25) is 0 Å². The summed E-state index contributed by atoms with van der Waals surface area (Å²) in [6.07, 6.45) is 0.284. The number of amides is 2. The zero-order chi connectivity index (χ0) is 12.1. The summed E-state index contributed by atoms with van der Waals surface area (Å²) in [5.74, 6) is 0.157. The molecule has 1 N–H and O–H groups in total. The first-order valence-electron chi connectivity index (χ1n) is 5.66. The minimum absolute atomic E-state index is 0.0793. The minimum atomic E-state index is -0.341. The smallest absolute Gasteiger partial charge is 0.246 e. The van der Waals surface area contributed by atoms with Gasteiger partial charge in [-0.15, -0.1) is 0 Å². The molecule has 2 unspecified atom stereocenters. The first-order valence-corrected chi connectivity index (χ1v) is 5.66. The Kier molecular flexibility index (Phi) is 4.89. The number of nitrogens with zero attached hydrogens (tertiary/aromatic N) is 1. The van der Waals surface area contributed by atoms with Gasteiger partial charge in [-0.25, -0.2) is 0 Å². The third-order valence-electron chi connectivity index (χ3n) is 2.72. The lowest BCUT2D eigenvalue weighted by Gasteiger charge is -2.15. The summed E-state index contributed by atoms with van der Waals surface area (Å²) >= 11 is 0. The highest BCUT2D eigenvalue weighted by Crippen LogP contribution is 2.12. The Morgan fingerprint density at radius 1 is 1.56 bits per heavy atom. The van der Waals surface area contributed by atoms with Crippen molar-refractivity contribution < 1.29 is 14.3 Å². The maximum Gasteiger partial charge on any atom is 0.246 e. The number of ether oxygens (including phenoxy) is 1. The van der Waals surface area contributed by atoms with Crippen molar-refractivity contribution in [3.8, 4) is 0 Å². The van der Waals surface area contributed by atoms with Crippen LogP contribution in [0.25, 0.3) is 0 Å².